The van der Waals surface area contributed by atoms with E-state index < -0.39 is 6.04 Å². The molecule has 1 atom stereocenters. The Morgan fingerprint density at radius 3 is 2.44 bits per heavy atom. The first kappa shape index (κ1) is 14.1. The molecular formula is C12H17N3O3. The van der Waals surface area contributed by atoms with Gasteiger partial charge in [-0.2, -0.15) is 0 Å². The molecule has 1 aromatic rings. The third kappa shape index (κ3) is 4.15. The molecule has 0 aliphatic rings. The van der Waals surface area contributed by atoms with Crippen LogP contribution in [0.1, 0.15) is 17.3 Å². The average molecular weight is 251 g/mol. The van der Waals surface area contributed by atoms with E-state index in [1.165, 1.54) is 0 Å². The first-order chi connectivity index (χ1) is 8.54. The fourth-order valence-corrected chi connectivity index (χ4v) is 1.23. The highest BCUT2D eigenvalue weighted by atomic mass is 16.3. The van der Waals surface area contributed by atoms with E-state index in [2.05, 4.69) is 10.6 Å². The van der Waals surface area contributed by atoms with Crippen molar-refractivity contribution in [3.05, 3.63) is 29.8 Å². The molecule has 5 N–H and O–H groups in total. The number of carbonyl (C=O) groups excluding carboxylic acids is 2. The molecule has 0 aromatic heterocycles. The van der Waals surface area contributed by atoms with E-state index in [0.29, 0.717) is 11.3 Å². The summed E-state index contributed by atoms with van der Waals surface area (Å²) in [5.74, 6) is -0.554. The first-order valence-corrected chi connectivity index (χ1v) is 5.60. The van der Waals surface area contributed by atoms with Crippen molar-refractivity contribution in [2.75, 3.05) is 18.5 Å². The van der Waals surface area contributed by atoms with Gasteiger partial charge in [0.1, 0.15) is 0 Å². The molecule has 1 unspecified atom stereocenters. The number of hydrogen-bond donors (Lipinski definition) is 4. The lowest BCUT2D eigenvalue weighted by molar-refractivity contribution is -0.117. The minimum absolute atomic E-state index is 0.103. The molecule has 0 aliphatic carbocycles. The van der Waals surface area contributed by atoms with Crippen molar-refractivity contribution < 1.29 is 14.7 Å². The van der Waals surface area contributed by atoms with Gasteiger partial charge in [0, 0.05) is 17.8 Å². The molecule has 0 heterocycles. The number of hydrogen-bond acceptors (Lipinski definition) is 4. The summed E-state index contributed by atoms with van der Waals surface area (Å²) in [4.78, 5) is 22.8. The van der Waals surface area contributed by atoms with Crippen LogP contribution >= 0.6 is 0 Å². The Balaban J connectivity index is 2.62. The number of rotatable bonds is 5. The Kier molecular flexibility index (Phi) is 5.29. The van der Waals surface area contributed by atoms with Crippen molar-refractivity contribution in [1.82, 2.24) is 5.32 Å². The Morgan fingerprint density at radius 1 is 1.33 bits per heavy atom. The Morgan fingerprint density at radius 2 is 1.94 bits per heavy atom. The van der Waals surface area contributed by atoms with E-state index in [9.17, 15) is 9.59 Å². The quantitative estimate of drug-likeness (QED) is 0.576. The summed E-state index contributed by atoms with van der Waals surface area (Å²) in [5.41, 5.74) is 6.46. The van der Waals surface area contributed by atoms with Gasteiger partial charge in [-0.1, -0.05) is 0 Å². The molecule has 1 aromatic carbocycles. The molecule has 0 radical (unpaired) electrons. The maximum Gasteiger partial charge on any atom is 0.251 e. The molecular weight excluding hydrogens is 234 g/mol. The summed E-state index contributed by atoms with van der Waals surface area (Å²) in [6, 6.07) is 5.83. The molecule has 1 rings (SSSR count). The van der Waals surface area contributed by atoms with E-state index in [1.54, 1.807) is 31.2 Å². The van der Waals surface area contributed by atoms with Crippen LogP contribution in [0, 0.1) is 0 Å². The summed E-state index contributed by atoms with van der Waals surface area (Å²) in [6.07, 6.45) is 0. The fraction of sp³-hybridized carbons (Fsp3) is 0.333. The lowest BCUT2D eigenvalue weighted by atomic mass is 10.2. The second-order valence-electron chi connectivity index (χ2n) is 3.83. The van der Waals surface area contributed by atoms with E-state index in [-0.39, 0.29) is 25.0 Å². The highest BCUT2D eigenvalue weighted by Crippen LogP contribution is 2.09. The van der Waals surface area contributed by atoms with Gasteiger partial charge in [0.25, 0.3) is 5.91 Å². The van der Waals surface area contributed by atoms with Crippen LogP contribution in [0.25, 0.3) is 0 Å². The van der Waals surface area contributed by atoms with Crippen LogP contribution in [0.15, 0.2) is 24.3 Å². The topological polar surface area (TPSA) is 104 Å². The summed E-state index contributed by atoms with van der Waals surface area (Å²) >= 11 is 0. The normalized spacial score (nSPS) is 11.7. The second kappa shape index (κ2) is 6.73. The summed E-state index contributed by atoms with van der Waals surface area (Å²) < 4.78 is 0. The van der Waals surface area contributed by atoms with Crippen LogP contribution in [0.5, 0.6) is 0 Å². The van der Waals surface area contributed by atoms with Crippen molar-refractivity contribution in [3.8, 4) is 0 Å². The zero-order valence-electron chi connectivity index (χ0n) is 10.1. The van der Waals surface area contributed by atoms with E-state index in [1.807, 2.05) is 0 Å². The second-order valence-corrected chi connectivity index (χ2v) is 3.83. The van der Waals surface area contributed by atoms with Gasteiger partial charge in [0.05, 0.1) is 12.6 Å². The van der Waals surface area contributed by atoms with Gasteiger partial charge >= 0.3 is 0 Å². The maximum atomic E-state index is 11.5. The predicted molar refractivity (Wildman–Crippen MR) is 68.1 cm³/mol. The van der Waals surface area contributed by atoms with Crippen LogP contribution < -0.4 is 16.4 Å². The Hall–Kier alpha value is -1.92. The number of carbonyl (C=O) groups is 2. The van der Waals surface area contributed by atoms with Gasteiger partial charge in [0.15, 0.2) is 0 Å². The molecule has 2 amide bonds. The highest BCUT2D eigenvalue weighted by molar-refractivity contribution is 5.96. The van der Waals surface area contributed by atoms with Crippen molar-refractivity contribution >= 4 is 17.5 Å². The predicted octanol–water partition coefficient (Wildman–Crippen LogP) is -0.306. The summed E-state index contributed by atoms with van der Waals surface area (Å²) in [6.45, 7) is 1.70. The van der Waals surface area contributed by atoms with Gasteiger partial charge < -0.3 is 21.5 Å². The number of aliphatic hydroxyl groups excluding tert-OH is 1. The molecule has 0 saturated heterocycles. The van der Waals surface area contributed by atoms with Gasteiger partial charge in [-0.05, 0) is 31.2 Å². The molecule has 0 saturated carbocycles. The van der Waals surface area contributed by atoms with E-state index in [4.69, 9.17) is 10.8 Å². The molecule has 0 spiro atoms. The minimum atomic E-state index is -0.586. The van der Waals surface area contributed by atoms with Crippen LogP contribution in [0.4, 0.5) is 5.69 Å². The van der Waals surface area contributed by atoms with Crippen LogP contribution in [0.3, 0.4) is 0 Å². The fourth-order valence-electron chi connectivity index (χ4n) is 1.23. The van der Waals surface area contributed by atoms with Gasteiger partial charge in [-0.3, -0.25) is 9.59 Å². The van der Waals surface area contributed by atoms with Crippen LogP contribution in [-0.4, -0.2) is 36.1 Å². The monoisotopic (exact) mass is 251 g/mol. The number of nitrogens with two attached hydrogens (primary N) is 1. The molecule has 0 aliphatic heterocycles. The number of nitrogens with one attached hydrogen (secondary N) is 2. The number of benzene rings is 1. The van der Waals surface area contributed by atoms with Gasteiger partial charge in [0.2, 0.25) is 5.91 Å². The molecule has 6 heteroatoms. The van der Waals surface area contributed by atoms with Crippen molar-refractivity contribution in [3.63, 3.8) is 0 Å². The summed E-state index contributed by atoms with van der Waals surface area (Å²) in [5, 5.41) is 13.7. The van der Waals surface area contributed by atoms with Crippen LogP contribution in [-0.2, 0) is 4.79 Å². The summed E-state index contributed by atoms with van der Waals surface area (Å²) in [7, 11) is 0. The van der Waals surface area contributed by atoms with Crippen molar-refractivity contribution in [2.45, 2.75) is 13.0 Å². The highest BCUT2D eigenvalue weighted by Gasteiger charge is 2.08. The van der Waals surface area contributed by atoms with Gasteiger partial charge in [-0.15, -0.1) is 0 Å². The third-order valence-corrected chi connectivity index (χ3v) is 2.23. The molecule has 0 fully saturated rings. The van der Waals surface area contributed by atoms with E-state index in [0.717, 1.165) is 0 Å². The first-order valence-electron chi connectivity index (χ1n) is 5.60. The maximum absolute atomic E-state index is 11.5. The molecule has 98 valence electrons. The number of amides is 2. The third-order valence-electron chi connectivity index (χ3n) is 2.23. The zero-order chi connectivity index (χ0) is 13.5. The van der Waals surface area contributed by atoms with Gasteiger partial charge in [-0.25, -0.2) is 0 Å². The van der Waals surface area contributed by atoms with Crippen molar-refractivity contribution in [1.29, 1.82) is 0 Å². The zero-order valence-corrected chi connectivity index (χ0v) is 10.1. The minimum Gasteiger partial charge on any atom is -0.395 e. The SMILES string of the molecule is CC(N)C(=O)Nc1ccc(C(=O)NCCO)cc1. The Labute approximate surface area is 105 Å². The average Bonchev–Trinajstić information content (AvgIpc) is 2.36. The smallest absolute Gasteiger partial charge is 0.251 e. The molecule has 18 heavy (non-hydrogen) atoms. The lowest BCUT2D eigenvalue weighted by Crippen LogP contribution is -2.32. The molecule has 0 bridgehead atoms. The Bertz CT molecular complexity index is 415. The number of aliphatic hydroxyl groups is 1. The largest absolute Gasteiger partial charge is 0.395 e. The number of anilines is 1. The van der Waals surface area contributed by atoms with E-state index >= 15 is 0 Å². The van der Waals surface area contributed by atoms with Crippen molar-refractivity contribution in [2.24, 2.45) is 5.73 Å². The van der Waals surface area contributed by atoms with Crippen LogP contribution in [0.2, 0.25) is 0 Å². The lowest BCUT2D eigenvalue weighted by Gasteiger charge is -2.08. The standard InChI is InChI=1S/C12H17N3O3/c1-8(13)11(17)15-10-4-2-9(3-5-10)12(18)14-6-7-16/h2-5,8,16H,6-7,13H2,1H3,(H,14,18)(H,15,17). The molecule has 6 nitrogen and oxygen atoms in total.